The highest BCUT2D eigenvalue weighted by molar-refractivity contribution is 7.13. The van der Waals surface area contributed by atoms with Gasteiger partial charge in [0.05, 0.1) is 10.4 Å². The van der Waals surface area contributed by atoms with Crippen LogP contribution in [0.3, 0.4) is 0 Å². The molecule has 1 aromatic heterocycles. The maximum atomic E-state index is 13.0. The van der Waals surface area contributed by atoms with Gasteiger partial charge in [-0.3, -0.25) is 34.5 Å². The molecule has 3 aliphatic heterocycles. The Bertz CT molecular complexity index is 1330. The zero-order valence-corrected chi connectivity index (χ0v) is 21.4. The molecule has 0 aliphatic carbocycles. The maximum absolute atomic E-state index is 13.0. The number of carbonyl (C=O) groups excluding carboxylic acids is 3. The molecule has 9 heteroatoms. The summed E-state index contributed by atoms with van der Waals surface area (Å²) in [5.41, 5.74) is 7.30. The predicted molar refractivity (Wildman–Crippen MR) is 141 cm³/mol. The summed E-state index contributed by atoms with van der Waals surface area (Å²) < 4.78 is 0. The molecule has 2 saturated heterocycles. The van der Waals surface area contributed by atoms with Gasteiger partial charge in [0.2, 0.25) is 11.8 Å². The topological polar surface area (TPSA) is 85.9 Å². The number of benzene rings is 2. The maximum Gasteiger partial charge on any atom is 0.255 e. The normalized spacial score (nSPS) is 20.8. The second kappa shape index (κ2) is 10.2. The van der Waals surface area contributed by atoms with E-state index in [9.17, 15) is 14.4 Å². The third kappa shape index (κ3) is 4.94. The molecule has 3 amide bonds. The molecule has 1 atom stereocenters. The van der Waals surface area contributed by atoms with Crippen LogP contribution in [0.2, 0.25) is 0 Å². The van der Waals surface area contributed by atoms with Crippen LogP contribution in [0.15, 0.2) is 54.2 Å². The van der Waals surface area contributed by atoms with Crippen molar-refractivity contribution in [3.05, 3.63) is 76.4 Å². The summed E-state index contributed by atoms with van der Waals surface area (Å²) in [6.07, 6.45) is 2.59. The number of carbonyl (C=O) groups is 3. The number of hydrogen-bond acceptors (Lipinski definition) is 7. The standard InChI is InChI=1S/C28H29N5O3S/c34-26-8-7-24(27(35)30-26)33-17-21-13-19(5-6-23(21)28(33)36)15-31-9-11-32(12-10-31)16-20-3-1-2-4-22(20)25-14-29-18-37-25/h1-6,13-14,18,24H,7-12,15-17H2,(H,30,34,35). The molecule has 3 aromatic rings. The third-order valence-corrected chi connectivity index (χ3v) is 8.37. The number of amides is 3. The van der Waals surface area contributed by atoms with Gasteiger partial charge in [-0.05, 0) is 34.7 Å². The Balaban J connectivity index is 1.06. The number of piperidine rings is 1. The van der Waals surface area contributed by atoms with Crippen LogP contribution in [0, 0.1) is 0 Å². The van der Waals surface area contributed by atoms with Crippen molar-refractivity contribution in [2.24, 2.45) is 0 Å². The van der Waals surface area contributed by atoms with Crippen molar-refractivity contribution in [1.29, 1.82) is 0 Å². The van der Waals surface area contributed by atoms with E-state index in [1.54, 1.807) is 16.2 Å². The lowest BCUT2D eigenvalue weighted by atomic mass is 10.0. The zero-order valence-electron chi connectivity index (χ0n) is 20.6. The van der Waals surface area contributed by atoms with Crippen LogP contribution in [0.1, 0.15) is 39.9 Å². The largest absolute Gasteiger partial charge is 0.322 e. The number of imide groups is 1. The molecule has 0 saturated carbocycles. The van der Waals surface area contributed by atoms with Crippen molar-refractivity contribution in [2.45, 2.75) is 38.5 Å². The minimum atomic E-state index is -0.574. The highest BCUT2D eigenvalue weighted by Crippen LogP contribution is 2.30. The van der Waals surface area contributed by atoms with E-state index in [4.69, 9.17) is 0 Å². The van der Waals surface area contributed by atoms with Gasteiger partial charge in [0.15, 0.2) is 0 Å². The number of nitrogens with one attached hydrogen (secondary N) is 1. The fourth-order valence-electron chi connectivity index (χ4n) is 5.58. The summed E-state index contributed by atoms with van der Waals surface area (Å²) in [6, 6.07) is 14.0. The summed E-state index contributed by atoms with van der Waals surface area (Å²) >= 11 is 1.68. The van der Waals surface area contributed by atoms with Crippen molar-refractivity contribution < 1.29 is 14.4 Å². The lowest BCUT2D eigenvalue weighted by Crippen LogP contribution is -2.52. The summed E-state index contributed by atoms with van der Waals surface area (Å²) in [5.74, 6) is -0.759. The van der Waals surface area contributed by atoms with Crippen LogP contribution in [0.4, 0.5) is 0 Å². The van der Waals surface area contributed by atoms with Gasteiger partial charge in [-0.15, -0.1) is 11.3 Å². The molecule has 6 rings (SSSR count). The van der Waals surface area contributed by atoms with Gasteiger partial charge in [-0.2, -0.15) is 0 Å². The van der Waals surface area contributed by atoms with E-state index in [2.05, 4.69) is 50.4 Å². The van der Waals surface area contributed by atoms with Crippen LogP contribution >= 0.6 is 11.3 Å². The number of rotatable bonds is 6. The quantitative estimate of drug-likeness (QED) is 0.508. The van der Waals surface area contributed by atoms with Crippen molar-refractivity contribution in [3.8, 4) is 10.4 Å². The summed E-state index contributed by atoms with van der Waals surface area (Å²) in [7, 11) is 0. The number of thiazole rings is 1. The first kappa shape index (κ1) is 24.0. The Morgan fingerprint density at radius 1 is 0.946 bits per heavy atom. The molecule has 37 heavy (non-hydrogen) atoms. The van der Waals surface area contributed by atoms with Crippen molar-refractivity contribution in [1.82, 2.24) is 25.0 Å². The highest BCUT2D eigenvalue weighted by Gasteiger charge is 2.39. The molecule has 2 aromatic carbocycles. The number of aromatic nitrogens is 1. The van der Waals surface area contributed by atoms with E-state index in [0.717, 1.165) is 44.8 Å². The SMILES string of the molecule is O=C1CCC(N2Cc3cc(CN4CCN(Cc5ccccc5-c5cncs5)CC4)ccc3C2=O)C(=O)N1. The number of nitrogens with zero attached hydrogens (tertiary/aromatic N) is 4. The van der Waals surface area contributed by atoms with Crippen molar-refractivity contribution >= 4 is 29.1 Å². The number of fused-ring (bicyclic) bond motifs is 1. The molecule has 1 N–H and O–H groups in total. The van der Waals surface area contributed by atoms with Crippen LogP contribution < -0.4 is 5.32 Å². The molecule has 1 unspecified atom stereocenters. The van der Waals surface area contributed by atoms with Crippen LogP contribution in [0.25, 0.3) is 10.4 Å². The predicted octanol–water partition coefficient (Wildman–Crippen LogP) is 2.89. The second-order valence-corrected chi connectivity index (χ2v) is 10.9. The van der Waals surface area contributed by atoms with Gasteiger partial charge in [0.1, 0.15) is 6.04 Å². The molecule has 190 valence electrons. The average Bonchev–Trinajstić information content (AvgIpc) is 3.54. The minimum absolute atomic E-state index is 0.122. The van der Waals surface area contributed by atoms with Crippen LogP contribution in [0.5, 0.6) is 0 Å². The average molecular weight is 516 g/mol. The summed E-state index contributed by atoms with van der Waals surface area (Å²) in [5, 5.41) is 2.36. The smallest absolute Gasteiger partial charge is 0.255 e. The fraction of sp³-hybridized carbons (Fsp3) is 0.357. The monoisotopic (exact) mass is 515 g/mol. The van der Waals surface area contributed by atoms with E-state index >= 15 is 0 Å². The van der Waals surface area contributed by atoms with Gasteiger partial charge in [-0.1, -0.05) is 36.4 Å². The Hall–Kier alpha value is -3.40. The van der Waals surface area contributed by atoms with Gasteiger partial charge in [-0.25, -0.2) is 0 Å². The van der Waals surface area contributed by atoms with E-state index in [1.807, 2.05) is 23.8 Å². The Morgan fingerprint density at radius 3 is 2.49 bits per heavy atom. The summed E-state index contributed by atoms with van der Waals surface area (Å²) in [6.45, 7) is 6.17. The summed E-state index contributed by atoms with van der Waals surface area (Å²) in [4.78, 5) is 48.8. The van der Waals surface area contributed by atoms with Gasteiger partial charge in [0, 0.05) is 64.0 Å². The molecular formula is C28H29N5O3S. The third-order valence-electron chi connectivity index (χ3n) is 7.57. The first-order valence-corrected chi connectivity index (χ1v) is 13.6. The Kier molecular flexibility index (Phi) is 6.58. The van der Waals surface area contributed by atoms with E-state index in [1.165, 1.54) is 21.6 Å². The lowest BCUT2D eigenvalue weighted by molar-refractivity contribution is -0.136. The second-order valence-electron chi connectivity index (χ2n) is 9.97. The van der Waals surface area contributed by atoms with Crippen molar-refractivity contribution in [3.63, 3.8) is 0 Å². The fourth-order valence-corrected chi connectivity index (χ4v) is 6.26. The van der Waals surface area contributed by atoms with Gasteiger partial charge in [0.25, 0.3) is 5.91 Å². The molecule has 3 aliphatic rings. The molecule has 0 radical (unpaired) electrons. The van der Waals surface area contributed by atoms with Gasteiger partial charge >= 0.3 is 0 Å². The first-order chi connectivity index (χ1) is 18.0. The molecule has 0 bridgehead atoms. The minimum Gasteiger partial charge on any atom is -0.322 e. The number of hydrogen-bond donors (Lipinski definition) is 1. The van der Waals surface area contributed by atoms with Crippen LogP contribution in [-0.4, -0.2) is 69.6 Å². The van der Waals surface area contributed by atoms with E-state index in [0.29, 0.717) is 18.5 Å². The van der Waals surface area contributed by atoms with Crippen LogP contribution in [-0.2, 0) is 29.2 Å². The Labute approximate surface area is 219 Å². The lowest BCUT2D eigenvalue weighted by Gasteiger charge is -2.35. The molecule has 4 heterocycles. The Morgan fingerprint density at radius 2 is 1.73 bits per heavy atom. The first-order valence-electron chi connectivity index (χ1n) is 12.7. The molecule has 0 spiro atoms. The zero-order chi connectivity index (χ0) is 25.4. The highest BCUT2D eigenvalue weighted by atomic mass is 32.1. The molecule has 8 nitrogen and oxygen atoms in total. The number of piperazine rings is 1. The van der Waals surface area contributed by atoms with E-state index in [-0.39, 0.29) is 24.1 Å². The van der Waals surface area contributed by atoms with Crippen molar-refractivity contribution in [2.75, 3.05) is 26.2 Å². The van der Waals surface area contributed by atoms with E-state index < -0.39 is 6.04 Å². The molecular weight excluding hydrogens is 486 g/mol. The van der Waals surface area contributed by atoms with Gasteiger partial charge < -0.3 is 4.90 Å². The molecule has 2 fully saturated rings.